The number of rotatable bonds is 8. The van der Waals surface area contributed by atoms with E-state index >= 15 is 0 Å². The number of hydrogen-bond acceptors (Lipinski definition) is 2. The van der Waals surface area contributed by atoms with Gasteiger partial charge in [-0.15, -0.1) is 11.3 Å². The smallest absolute Gasteiger partial charge is 0.0713 e. The predicted octanol–water partition coefficient (Wildman–Crippen LogP) is 19.2. The van der Waals surface area contributed by atoms with Gasteiger partial charge in [-0.3, -0.25) is 0 Å². The Morgan fingerprint density at radius 3 is 1.58 bits per heavy atom. The van der Waals surface area contributed by atoms with Crippen molar-refractivity contribution in [3.05, 3.63) is 294 Å². The molecular formula is C70H49NS. The molecule has 0 saturated carbocycles. The van der Waals surface area contributed by atoms with Crippen molar-refractivity contribution in [2.24, 2.45) is 0 Å². The minimum absolute atomic E-state index is 0.124. The number of nitrogens with zero attached hydrogens (tertiary/aromatic N) is 1. The van der Waals surface area contributed by atoms with Crippen molar-refractivity contribution in [1.82, 2.24) is 0 Å². The quantitative estimate of drug-likeness (QED) is 0.147. The van der Waals surface area contributed by atoms with Crippen LogP contribution in [0.4, 0.5) is 17.1 Å². The Kier molecular flexibility index (Phi) is 9.71. The second-order valence-electron chi connectivity index (χ2n) is 20.0. The molecule has 0 fully saturated rings. The maximum Gasteiger partial charge on any atom is 0.0713 e. The van der Waals surface area contributed by atoms with E-state index in [0.717, 1.165) is 11.4 Å². The summed E-state index contributed by atoms with van der Waals surface area (Å²) >= 11 is 1.87. The first-order valence-electron chi connectivity index (χ1n) is 25.1. The molecule has 0 saturated heterocycles. The summed E-state index contributed by atoms with van der Waals surface area (Å²) in [6, 6.07) is 97.1. The van der Waals surface area contributed by atoms with E-state index in [1.165, 1.54) is 115 Å². The SMILES string of the molecule is CC1(C)c2ccccc2-c2c(N(c3ccc(-c4ccc5c(c4)sc4ccccc45)cc3)c3cccc(-c4ccc(-c5ccc6c(c5)-c5ccccc5C6(c5ccccc5)c5ccccc5)cc4)c3)cccc21. The maximum atomic E-state index is 2.47. The monoisotopic (exact) mass is 935 g/mol. The average Bonchev–Trinajstić information content (AvgIpc) is 4.05. The topological polar surface area (TPSA) is 3.24 Å². The zero-order valence-corrected chi connectivity index (χ0v) is 41.0. The third kappa shape index (κ3) is 6.46. The summed E-state index contributed by atoms with van der Waals surface area (Å²) in [4.78, 5) is 2.47. The van der Waals surface area contributed by atoms with E-state index in [2.05, 4.69) is 280 Å². The van der Waals surface area contributed by atoms with Crippen LogP contribution in [0.3, 0.4) is 0 Å². The summed E-state index contributed by atoms with van der Waals surface area (Å²) in [6.45, 7) is 4.73. The number of fused-ring (bicyclic) bond motifs is 9. The molecule has 0 N–H and O–H groups in total. The zero-order chi connectivity index (χ0) is 48.0. The van der Waals surface area contributed by atoms with E-state index in [1.807, 2.05) is 11.3 Å². The molecule has 0 bridgehead atoms. The maximum absolute atomic E-state index is 2.47. The highest BCUT2D eigenvalue weighted by molar-refractivity contribution is 7.25. The molecule has 0 aliphatic heterocycles. The van der Waals surface area contributed by atoms with Crippen molar-refractivity contribution in [2.75, 3.05) is 4.90 Å². The van der Waals surface area contributed by atoms with Crippen LogP contribution in [-0.4, -0.2) is 0 Å². The Balaban J connectivity index is 0.847. The van der Waals surface area contributed by atoms with E-state index in [1.54, 1.807) is 0 Å². The van der Waals surface area contributed by atoms with Crippen LogP contribution in [0.5, 0.6) is 0 Å². The van der Waals surface area contributed by atoms with Crippen LogP contribution >= 0.6 is 11.3 Å². The first-order chi connectivity index (χ1) is 35.4. The lowest BCUT2D eigenvalue weighted by atomic mass is 9.67. The molecule has 11 aromatic carbocycles. The molecule has 0 amide bonds. The van der Waals surface area contributed by atoms with Gasteiger partial charge in [0.05, 0.1) is 11.1 Å². The molecule has 340 valence electrons. The van der Waals surface area contributed by atoms with Crippen molar-refractivity contribution < 1.29 is 0 Å². The van der Waals surface area contributed by atoms with Crippen molar-refractivity contribution in [1.29, 1.82) is 0 Å². The molecule has 2 aliphatic rings. The average molecular weight is 936 g/mol. The third-order valence-corrected chi connectivity index (χ3v) is 16.9. The largest absolute Gasteiger partial charge is 0.310 e. The van der Waals surface area contributed by atoms with Gasteiger partial charge in [-0.1, -0.05) is 226 Å². The predicted molar refractivity (Wildman–Crippen MR) is 305 cm³/mol. The van der Waals surface area contributed by atoms with E-state index in [-0.39, 0.29) is 5.41 Å². The molecule has 1 heterocycles. The fraction of sp³-hybridized carbons (Fsp3) is 0.0571. The van der Waals surface area contributed by atoms with Crippen LogP contribution in [0.1, 0.15) is 47.2 Å². The van der Waals surface area contributed by atoms with Crippen LogP contribution < -0.4 is 4.90 Å². The lowest BCUT2D eigenvalue weighted by Gasteiger charge is -2.33. The van der Waals surface area contributed by atoms with Crippen molar-refractivity contribution in [3.8, 4) is 55.6 Å². The standard InChI is InChI=1S/C70H49NS/c1-69(2)61-26-12-10-25-59(61)68-64(69)28-16-29-65(68)71(54-39-35-48(36-40-54)51-37-41-58-57-24-11-14-30-66(57)72-67(58)45-51)55-22-15-17-49(43-55)46-31-33-47(34-32-46)50-38-42-63-60(44-50)56-23-9-13-27-62(56)70(63,52-18-5-3-6-19-52)53-20-7-4-8-21-53/h3-45H,1-2H3. The Morgan fingerprint density at radius 1 is 0.319 bits per heavy atom. The molecule has 0 atom stereocenters. The summed E-state index contributed by atoms with van der Waals surface area (Å²) in [5.74, 6) is 0. The molecule has 12 aromatic rings. The highest BCUT2D eigenvalue weighted by Gasteiger charge is 2.46. The number of thiophene rings is 1. The van der Waals surface area contributed by atoms with Gasteiger partial charge in [0.1, 0.15) is 0 Å². The summed E-state index contributed by atoms with van der Waals surface area (Å²) in [6.07, 6.45) is 0. The molecule has 0 spiro atoms. The van der Waals surface area contributed by atoms with Crippen LogP contribution in [0.15, 0.2) is 261 Å². The van der Waals surface area contributed by atoms with Gasteiger partial charge in [-0.05, 0) is 132 Å². The van der Waals surface area contributed by atoms with Gasteiger partial charge in [0.25, 0.3) is 0 Å². The Morgan fingerprint density at radius 2 is 0.847 bits per heavy atom. The molecular weight excluding hydrogens is 887 g/mol. The molecule has 2 heteroatoms. The van der Waals surface area contributed by atoms with E-state index in [9.17, 15) is 0 Å². The van der Waals surface area contributed by atoms with Crippen molar-refractivity contribution in [3.63, 3.8) is 0 Å². The lowest BCUT2D eigenvalue weighted by Crippen LogP contribution is -2.28. The van der Waals surface area contributed by atoms with Crippen LogP contribution in [-0.2, 0) is 10.8 Å². The highest BCUT2D eigenvalue weighted by atomic mass is 32.1. The van der Waals surface area contributed by atoms with Gasteiger partial charge in [0.2, 0.25) is 0 Å². The Hall–Kier alpha value is -8.56. The minimum Gasteiger partial charge on any atom is -0.310 e. The van der Waals surface area contributed by atoms with E-state index in [4.69, 9.17) is 0 Å². The first-order valence-corrected chi connectivity index (χ1v) is 25.9. The van der Waals surface area contributed by atoms with Crippen LogP contribution in [0, 0.1) is 0 Å². The van der Waals surface area contributed by atoms with Gasteiger partial charge >= 0.3 is 0 Å². The number of anilines is 3. The number of benzene rings is 11. The van der Waals surface area contributed by atoms with Crippen molar-refractivity contribution >= 4 is 48.6 Å². The summed E-state index contributed by atoms with van der Waals surface area (Å²) < 4.78 is 2.64. The fourth-order valence-electron chi connectivity index (χ4n) is 12.4. The van der Waals surface area contributed by atoms with Crippen molar-refractivity contribution in [2.45, 2.75) is 24.7 Å². The summed E-state index contributed by atoms with van der Waals surface area (Å²) in [7, 11) is 0. The minimum atomic E-state index is -0.411. The second-order valence-corrected chi connectivity index (χ2v) is 21.1. The van der Waals surface area contributed by atoms with Gasteiger partial charge in [0, 0.05) is 42.5 Å². The molecule has 2 aliphatic carbocycles. The summed E-state index contributed by atoms with van der Waals surface area (Å²) in [5.41, 5.74) is 23.2. The molecule has 72 heavy (non-hydrogen) atoms. The highest BCUT2D eigenvalue weighted by Crippen LogP contribution is 2.57. The Bertz CT molecular complexity index is 4010. The molecule has 0 unspecified atom stereocenters. The lowest BCUT2D eigenvalue weighted by molar-refractivity contribution is 0.660. The van der Waals surface area contributed by atoms with Gasteiger partial charge in [-0.25, -0.2) is 0 Å². The van der Waals surface area contributed by atoms with E-state index < -0.39 is 5.41 Å². The second kappa shape index (κ2) is 16.5. The molecule has 1 nitrogen and oxygen atoms in total. The Labute approximate surface area is 425 Å². The normalized spacial score (nSPS) is 13.6. The van der Waals surface area contributed by atoms with Gasteiger partial charge < -0.3 is 4.90 Å². The van der Waals surface area contributed by atoms with E-state index in [0.29, 0.717) is 0 Å². The third-order valence-electron chi connectivity index (χ3n) is 15.8. The number of hydrogen-bond donors (Lipinski definition) is 0. The van der Waals surface area contributed by atoms with Gasteiger partial charge in [0.15, 0.2) is 0 Å². The zero-order valence-electron chi connectivity index (χ0n) is 40.2. The molecule has 0 radical (unpaired) electrons. The van der Waals surface area contributed by atoms with Crippen LogP contribution in [0.25, 0.3) is 75.8 Å². The summed E-state index contributed by atoms with van der Waals surface area (Å²) in [5, 5.41) is 2.65. The molecule has 1 aromatic heterocycles. The fourth-order valence-corrected chi connectivity index (χ4v) is 13.5. The molecule has 14 rings (SSSR count). The van der Waals surface area contributed by atoms with Crippen LogP contribution in [0.2, 0.25) is 0 Å². The first kappa shape index (κ1) is 42.3. The van der Waals surface area contributed by atoms with Gasteiger partial charge in [-0.2, -0.15) is 0 Å².